The second-order valence-electron chi connectivity index (χ2n) is 7.04. The van der Waals surface area contributed by atoms with Crippen LogP contribution in [0.1, 0.15) is 46.5 Å². The van der Waals surface area contributed by atoms with Crippen LogP contribution in [0.2, 0.25) is 0 Å². The van der Waals surface area contributed by atoms with Gasteiger partial charge >= 0.3 is 12.3 Å². The van der Waals surface area contributed by atoms with Crippen molar-refractivity contribution in [3.05, 3.63) is 82.7 Å². The van der Waals surface area contributed by atoms with Crippen molar-refractivity contribution >= 4 is 12.0 Å². The maximum Gasteiger partial charge on any atom is 0.408 e. The average Bonchev–Trinajstić information content (AvgIpc) is 2.70. The lowest BCUT2D eigenvalue weighted by Gasteiger charge is -2.20. The van der Waals surface area contributed by atoms with Crippen LogP contribution in [0.5, 0.6) is 0 Å². The number of alkyl halides is 3. The van der Waals surface area contributed by atoms with Crippen LogP contribution in [0, 0.1) is 6.92 Å². The lowest BCUT2D eigenvalue weighted by molar-refractivity contribution is -0.154. The van der Waals surface area contributed by atoms with Gasteiger partial charge in [0.15, 0.2) is 0 Å². The van der Waals surface area contributed by atoms with E-state index in [1.807, 2.05) is 19.1 Å². The summed E-state index contributed by atoms with van der Waals surface area (Å²) >= 11 is 0. The molecule has 0 bridgehead atoms. The zero-order valence-electron chi connectivity index (χ0n) is 17.1. The number of hydrogen-bond donors (Lipinski definition) is 3. The number of nitrogens with one attached hydrogen (secondary N) is 2. The molecule has 0 saturated carbocycles. The van der Waals surface area contributed by atoms with Crippen LogP contribution in [0.4, 0.5) is 18.0 Å². The second kappa shape index (κ2) is 10.5. The Balaban J connectivity index is 2.07. The molecule has 0 fully saturated rings. The van der Waals surface area contributed by atoms with Gasteiger partial charge in [-0.2, -0.15) is 13.2 Å². The van der Waals surface area contributed by atoms with Crippen LogP contribution in [0.25, 0.3) is 0 Å². The summed E-state index contributed by atoms with van der Waals surface area (Å²) in [5.74, 6) is -0.472. The first-order valence-corrected chi connectivity index (χ1v) is 9.43. The third-order valence-corrected chi connectivity index (χ3v) is 4.20. The van der Waals surface area contributed by atoms with Crippen LogP contribution in [-0.2, 0) is 11.3 Å². The minimum Gasteiger partial charge on any atom is -0.441 e. The molecule has 4 N–H and O–H groups in total. The highest BCUT2D eigenvalue weighted by Crippen LogP contribution is 2.32. The molecular weight excluding hydrogens is 411 g/mol. The summed E-state index contributed by atoms with van der Waals surface area (Å²) in [4.78, 5) is 24.1. The third kappa shape index (κ3) is 8.41. The number of rotatable bonds is 7. The molecule has 0 aromatic heterocycles. The Bertz CT molecular complexity index is 920. The van der Waals surface area contributed by atoms with E-state index in [1.54, 1.807) is 19.1 Å². The van der Waals surface area contributed by atoms with E-state index >= 15 is 0 Å². The molecule has 1 unspecified atom stereocenters. The molecule has 31 heavy (non-hydrogen) atoms. The molecule has 0 spiro atoms. The Hall–Kier alpha value is -3.49. The van der Waals surface area contributed by atoms with Gasteiger partial charge in [-0.15, -0.1) is 0 Å². The zero-order valence-corrected chi connectivity index (χ0v) is 17.1. The predicted octanol–water partition coefficient (Wildman–Crippen LogP) is 4.46. The molecule has 0 aliphatic carbocycles. The molecule has 2 aromatic rings. The number of aryl methyl sites for hydroxylation is 1. The van der Waals surface area contributed by atoms with Gasteiger partial charge in [-0.05, 0) is 37.1 Å². The minimum atomic E-state index is -4.55. The molecule has 0 radical (unpaired) electrons. The van der Waals surface area contributed by atoms with Crippen molar-refractivity contribution in [2.75, 3.05) is 0 Å². The van der Waals surface area contributed by atoms with Crippen molar-refractivity contribution in [3.8, 4) is 0 Å². The fourth-order valence-electron chi connectivity index (χ4n) is 2.60. The van der Waals surface area contributed by atoms with Gasteiger partial charge in [0.1, 0.15) is 6.10 Å². The van der Waals surface area contributed by atoms with Crippen molar-refractivity contribution < 1.29 is 27.5 Å². The molecule has 6 nitrogen and oxygen atoms in total. The summed E-state index contributed by atoms with van der Waals surface area (Å²) in [5.41, 5.74) is 7.99. The fourth-order valence-corrected chi connectivity index (χ4v) is 2.60. The Kier molecular flexibility index (Phi) is 8.07. The minimum absolute atomic E-state index is 0.116. The number of halogens is 3. The highest BCUT2D eigenvalue weighted by atomic mass is 19.4. The van der Waals surface area contributed by atoms with Gasteiger partial charge in [0.2, 0.25) is 0 Å². The van der Waals surface area contributed by atoms with Gasteiger partial charge in [-0.1, -0.05) is 42.0 Å². The largest absolute Gasteiger partial charge is 0.441 e. The average molecular weight is 435 g/mol. The summed E-state index contributed by atoms with van der Waals surface area (Å²) in [6.45, 7) is 3.62. The first-order valence-electron chi connectivity index (χ1n) is 9.43. The van der Waals surface area contributed by atoms with Gasteiger partial charge in [0, 0.05) is 24.0 Å². The molecule has 0 saturated heterocycles. The monoisotopic (exact) mass is 435 g/mol. The molecule has 0 aliphatic heterocycles. The van der Waals surface area contributed by atoms with Crippen molar-refractivity contribution in [2.24, 2.45) is 5.73 Å². The van der Waals surface area contributed by atoms with Gasteiger partial charge < -0.3 is 21.1 Å². The standard InChI is InChI=1S/C22H24F3N3O3/c1-14-3-5-16(6-4-14)13-28-21(30)31-19(11-22(23,24)25)17-7-9-18(10-8-17)20(29)27-12-15(2)26/h3-10,12,19H,11,13,26H2,1-2H3,(H,27,29)(H,28,30)/b15-12-. The van der Waals surface area contributed by atoms with Gasteiger partial charge in [0.25, 0.3) is 5.91 Å². The van der Waals surface area contributed by atoms with Crippen molar-refractivity contribution in [1.82, 2.24) is 10.6 Å². The number of nitrogens with two attached hydrogens (primary N) is 1. The number of amides is 2. The smallest absolute Gasteiger partial charge is 0.408 e. The first kappa shape index (κ1) is 23.8. The van der Waals surface area contributed by atoms with Crippen LogP contribution in [-0.4, -0.2) is 18.2 Å². The molecule has 0 heterocycles. The van der Waals surface area contributed by atoms with Crippen LogP contribution < -0.4 is 16.4 Å². The highest BCUT2D eigenvalue weighted by Gasteiger charge is 2.35. The molecule has 166 valence electrons. The quantitative estimate of drug-likeness (QED) is 0.598. The lowest BCUT2D eigenvalue weighted by Crippen LogP contribution is -2.27. The lowest BCUT2D eigenvalue weighted by atomic mass is 10.0. The topological polar surface area (TPSA) is 93.4 Å². The molecule has 1 atom stereocenters. The van der Waals surface area contributed by atoms with Crippen LogP contribution in [0.3, 0.4) is 0 Å². The van der Waals surface area contributed by atoms with Crippen molar-refractivity contribution in [1.29, 1.82) is 0 Å². The fraction of sp³-hybridized carbons (Fsp3) is 0.273. The van der Waals surface area contributed by atoms with E-state index in [0.29, 0.717) is 5.70 Å². The highest BCUT2D eigenvalue weighted by molar-refractivity contribution is 5.94. The van der Waals surface area contributed by atoms with Gasteiger partial charge in [-0.25, -0.2) is 4.79 Å². The SMILES string of the molecule is C/C(N)=C/NC(=O)c1ccc(C(CC(F)(F)F)OC(=O)NCc2ccc(C)cc2)cc1. The number of carbonyl (C=O) groups excluding carboxylic acids is 2. The second-order valence-corrected chi connectivity index (χ2v) is 7.04. The Morgan fingerprint density at radius 2 is 1.71 bits per heavy atom. The Morgan fingerprint density at radius 3 is 2.26 bits per heavy atom. The molecule has 2 rings (SSSR count). The maximum absolute atomic E-state index is 13.0. The number of carbonyl (C=O) groups is 2. The number of hydrogen-bond acceptors (Lipinski definition) is 4. The number of ether oxygens (including phenoxy) is 1. The third-order valence-electron chi connectivity index (χ3n) is 4.20. The van der Waals surface area contributed by atoms with E-state index in [9.17, 15) is 22.8 Å². The zero-order chi connectivity index (χ0) is 23.0. The van der Waals surface area contributed by atoms with Gasteiger partial charge in [0.05, 0.1) is 6.42 Å². The summed E-state index contributed by atoms with van der Waals surface area (Å²) in [6, 6.07) is 12.6. The number of benzene rings is 2. The normalized spacial score (nSPS) is 12.7. The molecule has 2 aromatic carbocycles. The van der Waals surface area contributed by atoms with E-state index in [1.165, 1.54) is 30.5 Å². The maximum atomic E-state index is 13.0. The molecule has 0 aliphatic rings. The number of alkyl carbamates (subject to hydrolysis) is 1. The summed E-state index contributed by atoms with van der Waals surface area (Å²) < 4.78 is 44.1. The van der Waals surface area contributed by atoms with E-state index in [0.717, 1.165) is 11.1 Å². The summed E-state index contributed by atoms with van der Waals surface area (Å²) in [6.07, 6.45) is -7.13. The van der Waals surface area contributed by atoms with E-state index in [-0.39, 0.29) is 17.7 Å². The Labute approximate surface area is 178 Å². The summed E-state index contributed by atoms with van der Waals surface area (Å²) in [5, 5.41) is 4.90. The van der Waals surface area contributed by atoms with Crippen LogP contribution in [0.15, 0.2) is 60.4 Å². The van der Waals surface area contributed by atoms with Crippen LogP contribution >= 0.6 is 0 Å². The predicted molar refractivity (Wildman–Crippen MR) is 110 cm³/mol. The van der Waals surface area contributed by atoms with E-state index < -0.39 is 30.7 Å². The molecule has 9 heteroatoms. The molecular formula is C22H24F3N3O3. The van der Waals surface area contributed by atoms with E-state index in [2.05, 4.69) is 10.6 Å². The van der Waals surface area contributed by atoms with Crippen molar-refractivity contribution in [3.63, 3.8) is 0 Å². The van der Waals surface area contributed by atoms with Crippen molar-refractivity contribution in [2.45, 2.75) is 39.1 Å². The first-order chi connectivity index (χ1) is 14.5. The summed E-state index contributed by atoms with van der Waals surface area (Å²) in [7, 11) is 0. The van der Waals surface area contributed by atoms with Gasteiger partial charge in [-0.3, -0.25) is 4.79 Å². The van der Waals surface area contributed by atoms with E-state index in [4.69, 9.17) is 10.5 Å². The molecule has 2 amide bonds. The Morgan fingerprint density at radius 1 is 1.10 bits per heavy atom. The number of allylic oxidation sites excluding steroid dienone is 1.